The van der Waals surface area contributed by atoms with E-state index in [0.29, 0.717) is 33.3 Å². The Kier molecular flexibility index (Phi) is 4.21. The van der Waals surface area contributed by atoms with Gasteiger partial charge in [0.2, 0.25) is 5.82 Å². The highest BCUT2D eigenvalue weighted by atomic mass is 35.5. The van der Waals surface area contributed by atoms with Crippen molar-refractivity contribution in [2.75, 3.05) is 23.3 Å². The molecular weight excluding hydrogens is 397 g/mol. The second kappa shape index (κ2) is 6.64. The minimum Gasteiger partial charge on any atom is -0.370 e. The Bertz CT molecular complexity index is 1000. The highest BCUT2D eigenvalue weighted by Gasteiger charge is 2.52. The zero-order valence-corrected chi connectivity index (χ0v) is 16.8. The summed E-state index contributed by atoms with van der Waals surface area (Å²) < 4.78 is 5.35. The number of nitrogens with zero attached hydrogens (tertiary/aromatic N) is 4. The van der Waals surface area contributed by atoms with Gasteiger partial charge >= 0.3 is 6.01 Å². The van der Waals surface area contributed by atoms with Crippen molar-refractivity contribution in [3.8, 4) is 11.4 Å². The molecule has 1 aliphatic carbocycles. The number of hydrogen-bond acceptors (Lipinski definition) is 6. The Morgan fingerprint density at radius 3 is 2.61 bits per heavy atom. The molecule has 0 bridgehead atoms. The molecular formula is C20H19Cl2N5O. The van der Waals surface area contributed by atoms with E-state index in [9.17, 15) is 0 Å². The molecule has 1 spiro atoms. The number of nitrogens with one attached hydrogen (secondary N) is 1. The molecule has 144 valence electrons. The molecule has 3 aromatic rings. The van der Waals surface area contributed by atoms with Crippen molar-refractivity contribution in [3.63, 3.8) is 0 Å². The molecule has 0 unspecified atom stereocenters. The number of rotatable bonds is 4. The summed E-state index contributed by atoms with van der Waals surface area (Å²) in [6.07, 6.45) is 4.09. The number of hydrogen-bond donors (Lipinski definition) is 1. The van der Waals surface area contributed by atoms with Crippen LogP contribution >= 0.6 is 23.2 Å². The van der Waals surface area contributed by atoms with E-state index in [-0.39, 0.29) is 0 Å². The summed E-state index contributed by atoms with van der Waals surface area (Å²) in [5, 5.41) is 8.47. The summed E-state index contributed by atoms with van der Waals surface area (Å²) in [5.74, 6) is 0.476. The monoisotopic (exact) mass is 415 g/mol. The van der Waals surface area contributed by atoms with Gasteiger partial charge in [0.05, 0.1) is 0 Å². The average Bonchev–Trinajstić information content (AvgIpc) is 3.03. The summed E-state index contributed by atoms with van der Waals surface area (Å²) >= 11 is 12.1. The van der Waals surface area contributed by atoms with Gasteiger partial charge in [0.15, 0.2) is 0 Å². The van der Waals surface area contributed by atoms with Gasteiger partial charge < -0.3 is 14.7 Å². The van der Waals surface area contributed by atoms with Crippen LogP contribution in [0.1, 0.15) is 18.5 Å². The smallest absolute Gasteiger partial charge is 0.322 e. The Morgan fingerprint density at radius 2 is 1.89 bits per heavy atom. The van der Waals surface area contributed by atoms with Gasteiger partial charge in [-0.3, -0.25) is 4.98 Å². The van der Waals surface area contributed by atoms with Crippen LogP contribution in [0.2, 0.25) is 10.0 Å². The molecule has 5 rings (SSSR count). The van der Waals surface area contributed by atoms with Gasteiger partial charge in [-0.05, 0) is 50.1 Å². The Morgan fingerprint density at radius 1 is 1.14 bits per heavy atom. The van der Waals surface area contributed by atoms with Gasteiger partial charge in [0.1, 0.15) is 0 Å². The molecule has 6 nitrogen and oxygen atoms in total. The van der Waals surface area contributed by atoms with E-state index < -0.39 is 0 Å². The number of aromatic nitrogens is 3. The maximum absolute atomic E-state index is 6.05. The van der Waals surface area contributed by atoms with E-state index in [1.165, 1.54) is 5.69 Å². The van der Waals surface area contributed by atoms with Gasteiger partial charge in [-0.15, -0.1) is 0 Å². The second-order valence-electron chi connectivity index (χ2n) is 7.84. The lowest BCUT2D eigenvalue weighted by atomic mass is 9.60. The first-order valence-electron chi connectivity index (χ1n) is 9.22. The first kappa shape index (κ1) is 17.8. The Hall–Kier alpha value is -2.31. The fourth-order valence-electron chi connectivity index (χ4n) is 4.28. The van der Waals surface area contributed by atoms with Crippen LogP contribution in [0.3, 0.4) is 0 Å². The minimum atomic E-state index is 0.359. The number of aryl methyl sites for hydroxylation is 1. The van der Waals surface area contributed by atoms with Gasteiger partial charge in [-0.1, -0.05) is 28.4 Å². The third kappa shape index (κ3) is 3.31. The van der Waals surface area contributed by atoms with E-state index in [0.717, 1.165) is 37.2 Å². The molecule has 2 aromatic heterocycles. The van der Waals surface area contributed by atoms with Crippen molar-refractivity contribution in [1.82, 2.24) is 15.1 Å². The predicted molar refractivity (Wildman–Crippen MR) is 110 cm³/mol. The summed E-state index contributed by atoms with van der Waals surface area (Å²) in [6, 6.07) is 10.2. The molecule has 8 heteroatoms. The molecule has 2 fully saturated rings. The molecule has 28 heavy (non-hydrogen) atoms. The van der Waals surface area contributed by atoms with Crippen LogP contribution in [-0.2, 0) is 0 Å². The van der Waals surface area contributed by atoms with Crippen LogP contribution in [0.5, 0.6) is 0 Å². The number of benzene rings is 1. The van der Waals surface area contributed by atoms with Crippen molar-refractivity contribution in [2.24, 2.45) is 5.41 Å². The lowest BCUT2D eigenvalue weighted by molar-refractivity contribution is 0.0738. The van der Waals surface area contributed by atoms with Gasteiger partial charge in [0, 0.05) is 57.7 Å². The summed E-state index contributed by atoms with van der Waals surface area (Å²) in [6.45, 7) is 4.20. The maximum Gasteiger partial charge on any atom is 0.322 e. The number of pyridine rings is 1. The molecule has 0 atom stereocenters. The molecule has 0 radical (unpaired) electrons. The molecule has 1 N–H and O–H groups in total. The fourth-order valence-corrected chi connectivity index (χ4v) is 4.80. The third-order valence-corrected chi connectivity index (χ3v) is 5.97. The number of anilines is 2. The Balaban J connectivity index is 1.17. The predicted octanol–water partition coefficient (Wildman–Crippen LogP) is 4.83. The number of halogens is 2. The Labute approximate surface area is 172 Å². The van der Waals surface area contributed by atoms with E-state index in [4.69, 9.17) is 27.7 Å². The van der Waals surface area contributed by atoms with Gasteiger partial charge in [-0.25, -0.2) is 0 Å². The fraction of sp³-hybridized carbons (Fsp3) is 0.350. The SMILES string of the molecule is Cc1cc(N2CC3(CC(Nc4nc(-c5cc(Cl)cc(Cl)c5)no4)C3)C2)ccn1. The van der Waals surface area contributed by atoms with E-state index in [1.54, 1.807) is 18.2 Å². The molecule has 1 saturated carbocycles. The van der Waals surface area contributed by atoms with Crippen molar-refractivity contribution >= 4 is 34.9 Å². The lowest BCUT2D eigenvalue weighted by Crippen LogP contribution is -2.65. The first-order chi connectivity index (χ1) is 13.5. The van der Waals surface area contributed by atoms with Crippen molar-refractivity contribution < 1.29 is 4.52 Å². The van der Waals surface area contributed by atoms with E-state index >= 15 is 0 Å². The first-order valence-corrected chi connectivity index (χ1v) is 9.98. The quantitative estimate of drug-likeness (QED) is 0.657. The van der Waals surface area contributed by atoms with Crippen LogP contribution < -0.4 is 10.2 Å². The van der Waals surface area contributed by atoms with Gasteiger partial charge in [0.25, 0.3) is 0 Å². The molecule has 1 aromatic carbocycles. The second-order valence-corrected chi connectivity index (χ2v) is 8.72. The van der Waals surface area contributed by atoms with Crippen molar-refractivity contribution in [1.29, 1.82) is 0 Å². The largest absolute Gasteiger partial charge is 0.370 e. The normalized spacial score (nSPS) is 18.0. The maximum atomic E-state index is 6.05. The van der Waals surface area contributed by atoms with E-state index in [2.05, 4.69) is 37.5 Å². The molecule has 3 heterocycles. The highest BCUT2D eigenvalue weighted by Crippen LogP contribution is 2.50. The van der Waals surface area contributed by atoms with Crippen LogP contribution in [0, 0.1) is 12.3 Å². The van der Waals surface area contributed by atoms with Gasteiger partial charge in [-0.2, -0.15) is 4.98 Å². The van der Waals surface area contributed by atoms with Crippen LogP contribution in [0.15, 0.2) is 41.1 Å². The molecule has 2 aliphatic rings. The third-order valence-electron chi connectivity index (χ3n) is 5.53. The highest BCUT2D eigenvalue weighted by molar-refractivity contribution is 6.35. The summed E-state index contributed by atoms with van der Waals surface area (Å²) in [4.78, 5) is 11.1. The topological polar surface area (TPSA) is 67.1 Å². The minimum absolute atomic E-state index is 0.359. The van der Waals surface area contributed by atoms with Crippen LogP contribution in [0.4, 0.5) is 11.7 Å². The zero-order valence-electron chi connectivity index (χ0n) is 15.3. The van der Waals surface area contributed by atoms with Crippen molar-refractivity contribution in [3.05, 3.63) is 52.3 Å². The van der Waals surface area contributed by atoms with Crippen LogP contribution in [-0.4, -0.2) is 34.3 Å². The summed E-state index contributed by atoms with van der Waals surface area (Å²) in [5.41, 5.74) is 3.45. The van der Waals surface area contributed by atoms with E-state index in [1.807, 2.05) is 13.1 Å². The zero-order chi connectivity index (χ0) is 19.3. The molecule has 1 aliphatic heterocycles. The standard InChI is InChI=1S/C20H19Cl2N5O/c1-12-4-17(2-3-23-12)27-10-20(11-27)8-16(9-20)24-19-25-18(26-28-19)13-5-14(21)7-15(22)6-13/h2-7,16H,8-11H2,1H3,(H,24,25,26). The average molecular weight is 416 g/mol. The van der Waals surface area contributed by atoms with Crippen LogP contribution in [0.25, 0.3) is 11.4 Å². The summed E-state index contributed by atoms with van der Waals surface area (Å²) in [7, 11) is 0. The van der Waals surface area contributed by atoms with Crippen molar-refractivity contribution in [2.45, 2.75) is 25.8 Å². The lowest BCUT2D eigenvalue weighted by Gasteiger charge is -2.59. The molecule has 1 saturated heterocycles. The molecule has 0 amide bonds.